The molecule has 31 heavy (non-hydrogen) atoms. The van der Waals surface area contributed by atoms with Crippen LogP contribution in [0.5, 0.6) is 0 Å². The van der Waals surface area contributed by atoms with Gasteiger partial charge in [0.05, 0.1) is 23.4 Å². The maximum Gasteiger partial charge on any atom is 0.251 e. The molecule has 3 rings (SSSR count). The normalized spacial score (nSPS) is 11.5. The van der Waals surface area contributed by atoms with E-state index < -0.39 is 15.1 Å². The van der Waals surface area contributed by atoms with Crippen molar-refractivity contribution in [2.24, 2.45) is 0 Å². The first-order valence-electron chi connectivity index (χ1n) is 10.2. The van der Waals surface area contributed by atoms with E-state index in [0.29, 0.717) is 25.3 Å². The van der Waals surface area contributed by atoms with E-state index in [1.54, 1.807) is 13.8 Å². The van der Waals surface area contributed by atoms with Crippen molar-refractivity contribution in [1.29, 1.82) is 0 Å². The molecule has 5 nitrogen and oxygen atoms in total. The highest BCUT2D eigenvalue weighted by atomic mass is 32.2. The molecule has 0 saturated carbocycles. The highest BCUT2D eigenvalue weighted by Crippen LogP contribution is 2.16. The van der Waals surface area contributed by atoms with E-state index in [2.05, 4.69) is 5.32 Å². The first kappa shape index (κ1) is 22.7. The average Bonchev–Trinajstić information content (AvgIpc) is 2.79. The molecule has 0 aliphatic carbocycles. The van der Waals surface area contributed by atoms with Crippen LogP contribution in [0.15, 0.2) is 83.8 Å². The zero-order valence-corrected chi connectivity index (χ0v) is 18.6. The minimum Gasteiger partial charge on any atom is -0.372 e. The Labute approximate surface area is 184 Å². The van der Waals surface area contributed by atoms with Gasteiger partial charge in [-0.2, -0.15) is 0 Å². The maximum atomic E-state index is 12.4. The predicted octanol–water partition coefficient (Wildman–Crippen LogP) is 4.52. The number of hydrogen-bond acceptors (Lipinski definition) is 4. The SMILES string of the molecule is CC(C)S(=O)(=O)c1ccc(C(=O)NCc2ccc(COCc3ccccc3)cc2)cc1. The van der Waals surface area contributed by atoms with Crippen LogP contribution in [-0.4, -0.2) is 19.6 Å². The van der Waals surface area contributed by atoms with Gasteiger partial charge in [-0.15, -0.1) is 0 Å². The fourth-order valence-corrected chi connectivity index (χ4v) is 4.03. The van der Waals surface area contributed by atoms with Crippen LogP contribution < -0.4 is 5.32 Å². The molecule has 0 radical (unpaired) electrons. The van der Waals surface area contributed by atoms with Crippen molar-refractivity contribution in [3.63, 3.8) is 0 Å². The Morgan fingerprint density at radius 2 is 1.35 bits per heavy atom. The molecule has 0 spiro atoms. The third-order valence-electron chi connectivity index (χ3n) is 4.92. The van der Waals surface area contributed by atoms with E-state index in [9.17, 15) is 13.2 Å². The van der Waals surface area contributed by atoms with Crippen LogP contribution >= 0.6 is 0 Å². The van der Waals surface area contributed by atoms with E-state index in [1.807, 2.05) is 54.6 Å². The lowest BCUT2D eigenvalue weighted by atomic mass is 10.1. The molecule has 0 atom stereocenters. The van der Waals surface area contributed by atoms with Crippen LogP contribution in [0.25, 0.3) is 0 Å². The summed E-state index contributed by atoms with van der Waals surface area (Å²) in [4.78, 5) is 12.6. The van der Waals surface area contributed by atoms with Crippen LogP contribution in [0.2, 0.25) is 0 Å². The van der Waals surface area contributed by atoms with Gasteiger partial charge in [-0.1, -0.05) is 54.6 Å². The fourth-order valence-electron chi connectivity index (χ4n) is 2.97. The van der Waals surface area contributed by atoms with Crippen molar-refractivity contribution < 1.29 is 17.9 Å². The average molecular weight is 438 g/mol. The molecule has 162 valence electrons. The quantitative estimate of drug-likeness (QED) is 0.534. The predicted molar refractivity (Wildman–Crippen MR) is 121 cm³/mol. The highest BCUT2D eigenvalue weighted by Gasteiger charge is 2.19. The van der Waals surface area contributed by atoms with E-state index >= 15 is 0 Å². The van der Waals surface area contributed by atoms with E-state index in [4.69, 9.17) is 4.74 Å². The van der Waals surface area contributed by atoms with Crippen molar-refractivity contribution in [2.45, 2.75) is 43.8 Å². The lowest BCUT2D eigenvalue weighted by Gasteiger charge is -2.10. The van der Waals surface area contributed by atoms with Crippen LogP contribution in [0.1, 0.15) is 40.9 Å². The molecule has 6 heteroatoms. The Morgan fingerprint density at radius 3 is 1.94 bits per heavy atom. The molecule has 0 unspecified atom stereocenters. The second-order valence-electron chi connectivity index (χ2n) is 7.60. The minimum atomic E-state index is -3.34. The number of carbonyl (C=O) groups is 1. The van der Waals surface area contributed by atoms with Crippen molar-refractivity contribution >= 4 is 15.7 Å². The molecule has 1 N–H and O–H groups in total. The number of ether oxygens (including phenoxy) is 1. The summed E-state index contributed by atoms with van der Waals surface area (Å²) in [5, 5.41) is 2.36. The third-order valence-corrected chi connectivity index (χ3v) is 7.09. The zero-order valence-electron chi connectivity index (χ0n) is 17.7. The van der Waals surface area contributed by atoms with Crippen LogP contribution in [0, 0.1) is 0 Å². The van der Waals surface area contributed by atoms with Gasteiger partial charge in [0.15, 0.2) is 9.84 Å². The standard InChI is InChI=1S/C25H27NO4S/c1-19(2)31(28,29)24-14-12-23(13-15-24)25(27)26-16-20-8-10-22(11-9-20)18-30-17-21-6-4-3-5-7-21/h3-15,19H,16-18H2,1-2H3,(H,26,27). The number of carbonyl (C=O) groups excluding carboxylic acids is 1. The number of nitrogens with one attached hydrogen (secondary N) is 1. The zero-order chi connectivity index (χ0) is 22.3. The van der Waals surface area contributed by atoms with E-state index in [0.717, 1.165) is 16.7 Å². The number of amides is 1. The van der Waals surface area contributed by atoms with Crippen molar-refractivity contribution in [1.82, 2.24) is 5.32 Å². The molecular formula is C25H27NO4S. The number of rotatable bonds is 9. The fraction of sp³-hybridized carbons (Fsp3) is 0.240. The molecule has 0 saturated heterocycles. The lowest BCUT2D eigenvalue weighted by Crippen LogP contribution is -2.23. The highest BCUT2D eigenvalue weighted by molar-refractivity contribution is 7.92. The Hall–Kier alpha value is -2.96. The van der Waals surface area contributed by atoms with Gasteiger partial charge in [-0.05, 0) is 54.8 Å². The first-order chi connectivity index (χ1) is 14.9. The number of sulfone groups is 1. The third kappa shape index (κ3) is 6.26. The summed E-state index contributed by atoms with van der Waals surface area (Å²) in [5.74, 6) is -0.247. The smallest absolute Gasteiger partial charge is 0.251 e. The second-order valence-corrected chi connectivity index (χ2v) is 10.1. The molecule has 3 aromatic rings. The second kappa shape index (κ2) is 10.4. The largest absolute Gasteiger partial charge is 0.372 e. The molecule has 0 heterocycles. The lowest BCUT2D eigenvalue weighted by molar-refractivity contribution is 0.0950. The molecule has 1 amide bonds. The monoisotopic (exact) mass is 437 g/mol. The summed E-state index contributed by atoms with van der Waals surface area (Å²) in [6.45, 7) is 4.74. The Morgan fingerprint density at radius 1 is 0.806 bits per heavy atom. The summed E-state index contributed by atoms with van der Waals surface area (Å²) in [5.41, 5.74) is 3.59. The van der Waals surface area contributed by atoms with Crippen LogP contribution in [0.3, 0.4) is 0 Å². The topological polar surface area (TPSA) is 72.5 Å². The van der Waals surface area contributed by atoms with Gasteiger partial charge in [0.2, 0.25) is 0 Å². The van der Waals surface area contributed by atoms with Crippen LogP contribution in [0.4, 0.5) is 0 Å². The van der Waals surface area contributed by atoms with Gasteiger partial charge >= 0.3 is 0 Å². The molecule has 0 aliphatic rings. The Kier molecular flexibility index (Phi) is 7.60. The van der Waals surface area contributed by atoms with Gasteiger partial charge in [0.25, 0.3) is 5.91 Å². The van der Waals surface area contributed by atoms with Gasteiger partial charge in [-0.25, -0.2) is 8.42 Å². The Balaban J connectivity index is 1.49. The summed E-state index contributed by atoms with van der Waals surface area (Å²) in [7, 11) is -3.34. The van der Waals surface area contributed by atoms with E-state index in [-0.39, 0.29) is 10.8 Å². The number of benzene rings is 3. The van der Waals surface area contributed by atoms with Gasteiger partial charge in [0, 0.05) is 12.1 Å². The van der Waals surface area contributed by atoms with Crippen LogP contribution in [-0.2, 0) is 34.3 Å². The van der Waals surface area contributed by atoms with Crippen molar-refractivity contribution in [2.75, 3.05) is 0 Å². The molecule has 0 bridgehead atoms. The maximum absolute atomic E-state index is 12.4. The summed E-state index contributed by atoms with van der Waals surface area (Å²) < 4.78 is 30.1. The first-order valence-corrected chi connectivity index (χ1v) is 11.7. The van der Waals surface area contributed by atoms with Gasteiger partial charge in [-0.3, -0.25) is 4.79 Å². The van der Waals surface area contributed by atoms with Crippen molar-refractivity contribution in [3.05, 3.63) is 101 Å². The van der Waals surface area contributed by atoms with Gasteiger partial charge in [0.1, 0.15) is 0 Å². The molecular weight excluding hydrogens is 410 g/mol. The molecule has 0 fully saturated rings. The van der Waals surface area contributed by atoms with Gasteiger partial charge < -0.3 is 10.1 Å². The molecule has 0 aromatic heterocycles. The van der Waals surface area contributed by atoms with E-state index in [1.165, 1.54) is 24.3 Å². The number of hydrogen-bond donors (Lipinski definition) is 1. The molecule has 3 aromatic carbocycles. The summed E-state index contributed by atoms with van der Waals surface area (Å²) in [6.07, 6.45) is 0. The molecule has 0 aliphatic heterocycles. The Bertz CT molecular complexity index is 1090. The minimum absolute atomic E-state index is 0.226. The van der Waals surface area contributed by atoms with Crippen molar-refractivity contribution in [3.8, 4) is 0 Å². The summed E-state index contributed by atoms with van der Waals surface area (Å²) in [6, 6.07) is 23.9. The summed E-state index contributed by atoms with van der Waals surface area (Å²) >= 11 is 0.